The van der Waals surface area contributed by atoms with Crippen molar-refractivity contribution < 1.29 is 9.94 Å². The van der Waals surface area contributed by atoms with Gasteiger partial charge in [-0.25, -0.2) is 5.90 Å². The molecule has 2 aliphatic rings. The van der Waals surface area contributed by atoms with Crippen LogP contribution in [-0.2, 0) is 4.74 Å². The summed E-state index contributed by atoms with van der Waals surface area (Å²) in [4.78, 5) is 0. The number of ether oxygens (including phenoxy) is 1. The van der Waals surface area contributed by atoms with E-state index < -0.39 is 0 Å². The zero-order chi connectivity index (χ0) is 10.8. The van der Waals surface area contributed by atoms with E-state index in [4.69, 9.17) is 15.7 Å². The molecule has 4 heteroatoms. The van der Waals surface area contributed by atoms with Crippen molar-refractivity contribution in [3.63, 3.8) is 0 Å². The Balaban J connectivity index is 0.000000461. The molecule has 1 aliphatic carbocycles. The number of fused-ring (bicyclic) bond motifs is 1. The molecule has 0 aromatic rings. The van der Waals surface area contributed by atoms with Crippen LogP contribution >= 0.6 is 0 Å². The maximum atomic E-state index is 6.50. The van der Waals surface area contributed by atoms with E-state index in [0.717, 1.165) is 12.8 Å². The maximum Gasteiger partial charge on any atom is 0.107 e. The third-order valence-electron chi connectivity index (χ3n) is 3.36. The van der Waals surface area contributed by atoms with Gasteiger partial charge in [0.05, 0.1) is 6.10 Å². The van der Waals surface area contributed by atoms with E-state index in [0.29, 0.717) is 18.6 Å². The van der Waals surface area contributed by atoms with Crippen LogP contribution in [0.15, 0.2) is 12.2 Å². The maximum absolute atomic E-state index is 6.50. The van der Waals surface area contributed by atoms with Crippen molar-refractivity contribution in [1.29, 1.82) is 0 Å². The van der Waals surface area contributed by atoms with Crippen LogP contribution in [0.1, 0.15) is 26.2 Å². The van der Waals surface area contributed by atoms with Crippen LogP contribution in [0.2, 0.25) is 0 Å². The lowest BCUT2D eigenvalue weighted by Gasteiger charge is -2.23. The Labute approximate surface area is 84.9 Å². The zero-order valence-corrected chi connectivity index (χ0v) is 8.70. The Morgan fingerprint density at radius 1 is 1.64 bits per heavy atom. The summed E-state index contributed by atoms with van der Waals surface area (Å²) in [5, 5.41) is 6.50. The van der Waals surface area contributed by atoms with Gasteiger partial charge in [-0.15, -0.1) is 0 Å². The summed E-state index contributed by atoms with van der Waals surface area (Å²) in [7, 11) is 0. The fourth-order valence-corrected chi connectivity index (χ4v) is 2.26. The van der Waals surface area contributed by atoms with E-state index in [-0.39, 0.29) is 5.60 Å². The Bertz CT molecular complexity index is 220. The number of hydrogen-bond acceptors (Lipinski definition) is 4. The lowest BCUT2D eigenvalue weighted by Crippen LogP contribution is -2.31. The highest BCUT2D eigenvalue weighted by Gasteiger charge is 2.57. The van der Waals surface area contributed by atoms with Crippen LogP contribution in [-0.4, -0.2) is 23.5 Å². The zero-order valence-electron chi connectivity index (χ0n) is 8.70. The van der Waals surface area contributed by atoms with Crippen molar-refractivity contribution in [3.8, 4) is 0 Å². The summed E-state index contributed by atoms with van der Waals surface area (Å²) in [5.74, 6) is 4.18. The second kappa shape index (κ2) is 4.40. The Hall–Kier alpha value is -0.420. The fraction of sp³-hybridized carbons (Fsp3) is 0.800. The summed E-state index contributed by atoms with van der Waals surface area (Å²) in [6, 6.07) is 0. The van der Waals surface area contributed by atoms with Crippen molar-refractivity contribution in [2.45, 2.75) is 37.9 Å². The first kappa shape index (κ1) is 11.7. The minimum Gasteiger partial charge on any atom is -0.365 e. The van der Waals surface area contributed by atoms with Gasteiger partial charge in [0, 0.05) is 6.54 Å². The highest BCUT2D eigenvalue weighted by Crippen LogP contribution is 2.50. The minimum absolute atomic E-state index is 0.0892. The molecule has 1 heterocycles. The number of epoxide rings is 1. The molecule has 2 fully saturated rings. The number of hydrogen-bond donors (Lipinski definition) is 3. The Morgan fingerprint density at radius 2 is 2.29 bits per heavy atom. The molecule has 1 saturated heterocycles. The average molecular weight is 200 g/mol. The predicted octanol–water partition coefficient (Wildman–Crippen LogP) is 0.793. The van der Waals surface area contributed by atoms with Crippen molar-refractivity contribution in [3.05, 3.63) is 12.2 Å². The van der Waals surface area contributed by atoms with Crippen LogP contribution in [0.3, 0.4) is 0 Å². The van der Waals surface area contributed by atoms with Crippen molar-refractivity contribution >= 4 is 0 Å². The first-order valence-corrected chi connectivity index (χ1v) is 4.97. The topological polar surface area (TPSA) is 84.8 Å². The van der Waals surface area contributed by atoms with E-state index in [1.807, 2.05) is 0 Å². The molecule has 0 aromatic carbocycles. The standard InChI is InChI=1S/C10H17NO.H3NO/c1-7(2)8-3-4-10(6-11)9(5-8)12-10;1-2/h8-9H,1,3-6,11H2,2H3;2H,1H2. The van der Waals surface area contributed by atoms with Gasteiger partial charge >= 0.3 is 0 Å². The quantitative estimate of drug-likeness (QED) is 0.349. The number of nitrogens with two attached hydrogens (primary N) is 2. The molecule has 1 aliphatic heterocycles. The molecule has 82 valence electrons. The molecule has 3 unspecified atom stereocenters. The lowest BCUT2D eigenvalue weighted by atomic mass is 9.79. The molecule has 5 N–H and O–H groups in total. The van der Waals surface area contributed by atoms with Crippen LogP contribution in [0, 0.1) is 5.92 Å². The molecule has 0 spiro atoms. The van der Waals surface area contributed by atoms with E-state index in [1.165, 1.54) is 12.0 Å². The van der Waals surface area contributed by atoms with Crippen LogP contribution in [0.4, 0.5) is 0 Å². The smallest absolute Gasteiger partial charge is 0.107 e. The number of allylic oxidation sites excluding steroid dienone is 1. The van der Waals surface area contributed by atoms with Crippen LogP contribution in [0.5, 0.6) is 0 Å². The van der Waals surface area contributed by atoms with Crippen molar-refractivity contribution in [1.82, 2.24) is 0 Å². The molecule has 3 atom stereocenters. The molecule has 1 saturated carbocycles. The van der Waals surface area contributed by atoms with Crippen molar-refractivity contribution in [2.24, 2.45) is 17.5 Å². The molecule has 0 radical (unpaired) electrons. The first-order valence-electron chi connectivity index (χ1n) is 4.97. The van der Waals surface area contributed by atoms with E-state index in [1.54, 1.807) is 0 Å². The molecule has 4 nitrogen and oxygen atoms in total. The molecule has 0 amide bonds. The van der Waals surface area contributed by atoms with E-state index >= 15 is 0 Å². The highest BCUT2D eigenvalue weighted by molar-refractivity contribution is 5.12. The van der Waals surface area contributed by atoms with Gasteiger partial charge in [-0.05, 0) is 32.1 Å². The SMILES string of the molecule is C=C(C)C1CCC2(CN)OC2C1.NO. The summed E-state index contributed by atoms with van der Waals surface area (Å²) in [6.07, 6.45) is 3.93. The Morgan fingerprint density at radius 3 is 2.71 bits per heavy atom. The van der Waals surface area contributed by atoms with Gasteiger partial charge in [0.15, 0.2) is 0 Å². The van der Waals surface area contributed by atoms with Gasteiger partial charge in [0.25, 0.3) is 0 Å². The van der Waals surface area contributed by atoms with Gasteiger partial charge in [-0.2, -0.15) is 0 Å². The minimum atomic E-state index is 0.0892. The third-order valence-corrected chi connectivity index (χ3v) is 3.36. The Kier molecular flexibility index (Phi) is 3.66. The first-order chi connectivity index (χ1) is 6.68. The monoisotopic (exact) mass is 200 g/mol. The van der Waals surface area contributed by atoms with Gasteiger partial charge in [0.1, 0.15) is 5.60 Å². The second-order valence-corrected chi connectivity index (χ2v) is 4.19. The summed E-state index contributed by atoms with van der Waals surface area (Å²) in [5.41, 5.74) is 7.04. The highest BCUT2D eigenvalue weighted by atomic mass is 16.6. The fourth-order valence-electron chi connectivity index (χ4n) is 2.26. The average Bonchev–Trinajstić information content (AvgIpc) is 2.94. The van der Waals surface area contributed by atoms with Gasteiger partial charge in [0.2, 0.25) is 0 Å². The van der Waals surface area contributed by atoms with Crippen LogP contribution < -0.4 is 11.6 Å². The molecule has 2 rings (SSSR count). The summed E-state index contributed by atoms with van der Waals surface area (Å²) < 4.78 is 5.63. The third kappa shape index (κ3) is 1.98. The number of rotatable bonds is 2. The molecular formula is C10H20N2O2. The van der Waals surface area contributed by atoms with Gasteiger partial charge in [-0.1, -0.05) is 12.2 Å². The van der Waals surface area contributed by atoms with Gasteiger partial charge in [-0.3, -0.25) is 0 Å². The lowest BCUT2D eigenvalue weighted by molar-refractivity contribution is 0.289. The van der Waals surface area contributed by atoms with Crippen LogP contribution in [0.25, 0.3) is 0 Å². The second-order valence-electron chi connectivity index (χ2n) is 4.19. The molecule has 0 bridgehead atoms. The van der Waals surface area contributed by atoms with Gasteiger partial charge < -0.3 is 15.7 Å². The van der Waals surface area contributed by atoms with E-state index in [9.17, 15) is 0 Å². The summed E-state index contributed by atoms with van der Waals surface area (Å²) in [6.45, 7) is 6.80. The summed E-state index contributed by atoms with van der Waals surface area (Å²) >= 11 is 0. The van der Waals surface area contributed by atoms with Crippen molar-refractivity contribution in [2.75, 3.05) is 6.54 Å². The predicted molar refractivity (Wildman–Crippen MR) is 54.8 cm³/mol. The normalized spacial score (nSPS) is 39.1. The largest absolute Gasteiger partial charge is 0.365 e. The molecule has 0 aromatic heterocycles. The molecular weight excluding hydrogens is 180 g/mol. The molecule has 14 heavy (non-hydrogen) atoms. The van der Waals surface area contributed by atoms with E-state index in [2.05, 4.69) is 19.4 Å².